The summed E-state index contributed by atoms with van der Waals surface area (Å²) in [6.45, 7) is 7.01. The lowest BCUT2D eigenvalue weighted by atomic mass is 10.3. The van der Waals surface area contributed by atoms with Gasteiger partial charge in [-0.25, -0.2) is 0 Å². The molecule has 0 aliphatic heterocycles. The normalized spacial score (nSPS) is 14.6. The molecule has 1 aliphatic rings. The molecule has 0 atom stereocenters. The smallest absolute Gasteiger partial charge is 0.223 e. The summed E-state index contributed by atoms with van der Waals surface area (Å²) in [6.07, 6.45) is 2.94. The highest BCUT2D eigenvalue weighted by Crippen LogP contribution is 2.28. The van der Waals surface area contributed by atoms with Crippen LogP contribution in [0.2, 0.25) is 5.02 Å². The van der Waals surface area contributed by atoms with Gasteiger partial charge in [-0.3, -0.25) is 9.48 Å². The van der Waals surface area contributed by atoms with Crippen molar-refractivity contribution in [3.05, 3.63) is 16.4 Å². The Morgan fingerprint density at radius 2 is 2.15 bits per heavy atom. The van der Waals surface area contributed by atoms with E-state index in [0.29, 0.717) is 13.1 Å². The third-order valence-electron chi connectivity index (χ3n) is 3.54. The van der Waals surface area contributed by atoms with Crippen molar-refractivity contribution in [2.24, 2.45) is 5.92 Å². The van der Waals surface area contributed by atoms with Crippen LogP contribution in [0.3, 0.4) is 0 Å². The van der Waals surface area contributed by atoms with Crippen molar-refractivity contribution in [1.82, 2.24) is 20.4 Å². The van der Waals surface area contributed by atoms with Crippen molar-refractivity contribution in [2.75, 3.05) is 13.1 Å². The summed E-state index contributed by atoms with van der Waals surface area (Å²) < 4.78 is 1.94. The summed E-state index contributed by atoms with van der Waals surface area (Å²) in [5.74, 6) is 0.467. The average molecular weight is 299 g/mol. The Labute approximate surface area is 125 Å². The maximum atomic E-state index is 11.5. The SMILES string of the molecule is CCc1nn(CC)c(CNCCNC(=O)C2CC2)c1Cl. The van der Waals surface area contributed by atoms with Crippen molar-refractivity contribution < 1.29 is 4.79 Å². The third-order valence-corrected chi connectivity index (χ3v) is 3.97. The van der Waals surface area contributed by atoms with E-state index in [1.165, 1.54) is 0 Å². The van der Waals surface area contributed by atoms with Crippen LogP contribution in [0.4, 0.5) is 0 Å². The molecule has 1 aromatic rings. The van der Waals surface area contributed by atoms with Gasteiger partial charge in [0.25, 0.3) is 0 Å². The van der Waals surface area contributed by atoms with E-state index in [0.717, 1.165) is 48.8 Å². The largest absolute Gasteiger partial charge is 0.355 e. The van der Waals surface area contributed by atoms with Crippen molar-refractivity contribution in [1.29, 1.82) is 0 Å². The number of hydrogen-bond acceptors (Lipinski definition) is 3. The molecule has 1 aromatic heterocycles. The van der Waals surface area contributed by atoms with Gasteiger partial charge in [-0.15, -0.1) is 0 Å². The number of aryl methyl sites for hydroxylation is 2. The maximum absolute atomic E-state index is 11.5. The molecule has 20 heavy (non-hydrogen) atoms. The van der Waals surface area contributed by atoms with E-state index in [1.807, 2.05) is 4.68 Å². The van der Waals surface area contributed by atoms with Crippen LogP contribution in [-0.2, 0) is 24.3 Å². The van der Waals surface area contributed by atoms with Crippen molar-refractivity contribution >= 4 is 17.5 Å². The first-order chi connectivity index (χ1) is 9.67. The number of halogens is 1. The van der Waals surface area contributed by atoms with E-state index in [1.54, 1.807) is 0 Å². The second kappa shape index (κ2) is 7.09. The highest BCUT2D eigenvalue weighted by molar-refractivity contribution is 6.31. The first kappa shape index (κ1) is 15.3. The quantitative estimate of drug-likeness (QED) is 0.719. The fourth-order valence-electron chi connectivity index (χ4n) is 2.16. The van der Waals surface area contributed by atoms with Crippen LogP contribution in [0.5, 0.6) is 0 Å². The van der Waals surface area contributed by atoms with Gasteiger partial charge in [0, 0.05) is 32.1 Å². The molecule has 0 spiro atoms. The Morgan fingerprint density at radius 1 is 1.40 bits per heavy atom. The molecule has 0 radical (unpaired) electrons. The minimum Gasteiger partial charge on any atom is -0.355 e. The molecule has 1 saturated carbocycles. The van der Waals surface area contributed by atoms with E-state index in [9.17, 15) is 4.79 Å². The zero-order valence-electron chi connectivity index (χ0n) is 12.2. The van der Waals surface area contributed by atoms with E-state index in [4.69, 9.17) is 11.6 Å². The van der Waals surface area contributed by atoms with Crippen LogP contribution in [0.1, 0.15) is 38.1 Å². The summed E-state index contributed by atoms with van der Waals surface area (Å²) in [7, 11) is 0. The van der Waals surface area contributed by atoms with Crippen molar-refractivity contribution in [3.63, 3.8) is 0 Å². The molecule has 2 rings (SSSR count). The monoisotopic (exact) mass is 298 g/mol. The lowest BCUT2D eigenvalue weighted by Crippen LogP contribution is -2.32. The van der Waals surface area contributed by atoms with E-state index < -0.39 is 0 Å². The molecule has 1 heterocycles. The predicted octanol–water partition coefficient (Wildman–Crippen LogP) is 1.73. The minimum atomic E-state index is 0.191. The maximum Gasteiger partial charge on any atom is 0.223 e. The fourth-order valence-corrected chi connectivity index (χ4v) is 2.49. The number of aromatic nitrogens is 2. The molecule has 1 amide bonds. The van der Waals surface area contributed by atoms with Crippen LogP contribution in [0.25, 0.3) is 0 Å². The molecule has 0 saturated heterocycles. The topological polar surface area (TPSA) is 59.0 Å². The summed E-state index contributed by atoms with van der Waals surface area (Å²) in [5.41, 5.74) is 1.98. The summed E-state index contributed by atoms with van der Waals surface area (Å²) in [6, 6.07) is 0. The second-order valence-corrected chi connectivity index (χ2v) is 5.50. The van der Waals surface area contributed by atoms with Crippen molar-refractivity contribution in [3.8, 4) is 0 Å². The van der Waals surface area contributed by atoms with Gasteiger partial charge in [-0.1, -0.05) is 18.5 Å². The van der Waals surface area contributed by atoms with Crippen LogP contribution in [-0.4, -0.2) is 28.8 Å². The fraction of sp³-hybridized carbons (Fsp3) is 0.714. The lowest BCUT2D eigenvalue weighted by Gasteiger charge is -2.08. The Hall–Kier alpha value is -1.07. The molecule has 0 bridgehead atoms. The van der Waals surface area contributed by atoms with Gasteiger partial charge < -0.3 is 10.6 Å². The third kappa shape index (κ3) is 3.73. The van der Waals surface area contributed by atoms with Crippen molar-refractivity contribution in [2.45, 2.75) is 46.2 Å². The van der Waals surface area contributed by atoms with Crippen LogP contribution in [0, 0.1) is 5.92 Å². The van der Waals surface area contributed by atoms with Gasteiger partial charge in [-0.2, -0.15) is 5.10 Å². The number of amides is 1. The van der Waals surface area contributed by atoms with Gasteiger partial charge in [0.1, 0.15) is 0 Å². The highest BCUT2D eigenvalue weighted by atomic mass is 35.5. The Balaban J connectivity index is 1.75. The first-order valence-electron chi connectivity index (χ1n) is 7.39. The molecule has 1 fully saturated rings. The van der Waals surface area contributed by atoms with Gasteiger partial charge in [0.05, 0.1) is 16.4 Å². The average Bonchev–Trinajstić information content (AvgIpc) is 3.25. The number of carbonyl (C=O) groups is 1. The van der Waals surface area contributed by atoms with Crippen LogP contribution >= 0.6 is 11.6 Å². The molecule has 2 N–H and O–H groups in total. The van der Waals surface area contributed by atoms with Crippen LogP contribution in [0.15, 0.2) is 0 Å². The Morgan fingerprint density at radius 3 is 2.75 bits per heavy atom. The van der Waals surface area contributed by atoms with Gasteiger partial charge in [-0.05, 0) is 26.2 Å². The molecule has 0 unspecified atom stereocenters. The minimum absolute atomic E-state index is 0.191. The number of nitrogens with one attached hydrogen (secondary N) is 2. The Bertz CT molecular complexity index is 468. The van der Waals surface area contributed by atoms with Gasteiger partial charge in [0.15, 0.2) is 0 Å². The lowest BCUT2D eigenvalue weighted by molar-refractivity contribution is -0.122. The van der Waals surface area contributed by atoms with Crippen LogP contribution < -0.4 is 10.6 Å². The predicted molar refractivity (Wildman–Crippen MR) is 79.7 cm³/mol. The number of carbonyl (C=O) groups excluding carboxylic acids is 1. The molecule has 112 valence electrons. The second-order valence-electron chi connectivity index (χ2n) is 5.12. The van der Waals surface area contributed by atoms with E-state index in [2.05, 4.69) is 29.6 Å². The molecule has 1 aliphatic carbocycles. The van der Waals surface area contributed by atoms with E-state index in [-0.39, 0.29) is 11.8 Å². The molecular formula is C14H23ClN4O. The summed E-state index contributed by atoms with van der Waals surface area (Å²) in [4.78, 5) is 11.5. The highest BCUT2D eigenvalue weighted by Gasteiger charge is 2.28. The zero-order valence-corrected chi connectivity index (χ0v) is 13.0. The molecular weight excluding hydrogens is 276 g/mol. The number of rotatable bonds is 8. The van der Waals surface area contributed by atoms with Gasteiger partial charge >= 0.3 is 0 Å². The van der Waals surface area contributed by atoms with E-state index >= 15 is 0 Å². The molecule has 6 heteroatoms. The Kier molecular flexibility index (Phi) is 5.43. The number of hydrogen-bond donors (Lipinski definition) is 2. The van der Waals surface area contributed by atoms with Gasteiger partial charge in [0.2, 0.25) is 5.91 Å². The molecule has 0 aromatic carbocycles. The standard InChI is InChI=1S/C14H23ClN4O/c1-3-11-13(15)12(19(4-2)18-11)9-16-7-8-17-14(20)10-5-6-10/h10,16H,3-9H2,1-2H3,(H,17,20). The number of nitrogens with zero attached hydrogens (tertiary/aromatic N) is 2. The summed E-state index contributed by atoms with van der Waals surface area (Å²) >= 11 is 6.33. The zero-order chi connectivity index (χ0) is 14.5. The molecule has 5 nitrogen and oxygen atoms in total. The summed E-state index contributed by atoms with van der Waals surface area (Å²) in [5, 5.41) is 11.5. The first-order valence-corrected chi connectivity index (χ1v) is 7.77.